The smallest absolute Gasteiger partial charge is 0.229 e. The van der Waals surface area contributed by atoms with Crippen LogP contribution >= 0.6 is 0 Å². The lowest BCUT2D eigenvalue weighted by atomic mass is 10.1. The molecule has 4 rings (SSSR count). The number of likely N-dealkylation sites (N-methyl/N-ethyl adjacent to an activating group) is 1. The van der Waals surface area contributed by atoms with E-state index in [1.54, 1.807) is 11.1 Å². The van der Waals surface area contributed by atoms with Gasteiger partial charge in [0.1, 0.15) is 0 Å². The number of hydrogen-bond donors (Lipinski definition) is 1. The standard InChI is InChI=1S/C15H20N6O2/c1-20-13(22)7-10(14(20)11-5-6-17-21(11)2)16-8-12-18-15(23-19-12)9-3-4-9/h5-6,9-10,14,16H,3-4,7-8H2,1-2H3/t10-,14-/m1/s1. The molecule has 122 valence electrons. The number of likely N-dealkylation sites (tertiary alicyclic amines) is 1. The molecule has 1 saturated heterocycles. The summed E-state index contributed by atoms with van der Waals surface area (Å²) in [6, 6.07) is 1.92. The molecule has 1 amide bonds. The summed E-state index contributed by atoms with van der Waals surface area (Å²) in [4.78, 5) is 18.3. The van der Waals surface area contributed by atoms with Crippen LogP contribution in [0.2, 0.25) is 0 Å². The zero-order valence-corrected chi connectivity index (χ0v) is 13.3. The third-order valence-electron chi connectivity index (χ3n) is 4.68. The number of carbonyl (C=O) groups is 1. The van der Waals surface area contributed by atoms with Crippen molar-refractivity contribution >= 4 is 5.91 Å². The Balaban J connectivity index is 1.47. The van der Waals surface area contributed by atoms with Crippen LogP contribution in [0.25, 0.3) is 0 Å². The van der Waals surface area contributed by atoms with E-state index in [1.165, 1.54) is 0 Å². The van der Waals surface area contributed by atoms with Crippen LogP contribution in [0.15, 0.2) is 16.8 Å². The highest BCUT2D eigenvalue weighted by atomic mass is 16.5. The maximum Gasteiger partial charge on any atom is 0.229 e. The number of nitrogens with zero attached hydrogens (tertiary/aromatic N) is 5. The first-order valence-electron chi connectivity index (χ1n) is 7.93. The van der Waals surface area contributed by atoms with Crippen LogP contribution in [0, 0.1) is 0 Å². The highest BCUT2D eigenvalue weighted by Crippen LogP contribution is 2.38. The average Bonchev–Trinajstić information content (AvgIpc) is 3.02. The second-order valence-corrected chi connectivity index (χ2v) is 6.34. The quantitative estimate of drug-likeness (QED) is 0.875. The number of rotatable bonds is 5. The SMILES string of the molecule is CN1C(=O)C[C@@H](NCc2noc(C3CC3)n2)[C@@H]1c1ccnn1C. The summed E-state index contributed by atoms with van der Waals surface area (Å²) in [7, 11) is 3.73. The number of nitrogens with one attached hydrogen (secondary N) is 1. The number of aryl methyl sites for hydroxylation is 1. The summed E-state index contributed by atoms with van der Waals surface area (Å²) in [5, 5.41) is 11.6. The normalized spacial score (nSPS) is 24.6. The molecular formula is C15H20N6O2. The summed E-state index contributed by atoms with van der Waals surface area (Å²) in [6.07, 6.45) is 4.49. The Morgan fingerprint density at radius 2 is 2.22 bits per heavy atom. The first-order valence-corrected chi connectivity index (χ1v) is 7.93. The molecule has 3 heterocycles. The minimum Gasteiger partial charge on any atom is -0.339 e. The van der Waals surface area contributed by atoms with Crippen molar-refractivity contribution in [1.29, 1.82) is 0 Å². The maximum atomic E-state index is 12.1. The third-order valence-corrected chi connectivity index (χ3v) is 4.68. The van der Waals surface area contributed by atoms with Crippen molar-refractivity contribution in [3.63, 3.8) is 0 Å². The van der Waals surface area contributed by atoms with Crippen molar-refractivity contribution in [2.75, 3.05) is 7.05 Å². The largest absolute Gasteiger partial charge is 0.339 e. The van der Waals surface area contributed by atoms with Gasteiger partial charge in [0.25, 0.3) is 0 Å². The van der Waals surface area contributed by atoms with Gasteiger partial charge >= 0.3 is 0 Å². The highest BCUT2D eigenvalue weighted by Gasteiger charge is 2.40. The zero-order valence-electron chi connectivity index (χ0n) is 13.3. The summed E-state index contributed by atoms with van der Waals surface area (Å²) < 4.78 is 7.09. The van der Waals surface area contributed by atoms with Gasteiger partial charge in [-0.15, -0.1) is 0 Å². The van der Waals surface area contributed by atoms with Crippen molar-refractivity contribution in [1.82, 2.24) is 30.1 Å². The van der Waals surface area contributed by atoms with E-state index in [0.29, 0.717) is 24.7 Å². The second kappa shape index (κ2) is 5.45. The molecule has 0 bridgehead atoms. The number of carbonyl (C=O) groups excluding carboxylic acids is 1. The maximum absolute atomic E-state index is 12.1. The Hall–Kier alpha value is -2.22. The molecule has 23 heavy (non-hydrogen) atoms. The number of aromatic nitrogens is 4. The molecule has 0 spiro atoms. The monoisotopic (exact) mass is 316 g/mol. The third kappa shape index (κ3) is 2.63. The average molecular weight is 316 g/mol. The Morgan fingerprint density at radius 1 is 1.39 bits per heavy atom. The summed E-state index contributed by atoms with van der Waals surface area (Å²) in [5.41, 5.74) is 1.02. The summed E-state index contributed by atoms with van der Waals surface area (Å²) in [5.74, 6) is 1.97. The van der Waals surface area contributed by atoms with Crippen LogP contribution in [0.5, 0.6) is 0 Å². The number of amides is 1. The number of hydrogen-bond acceptors (Lipinski definition) is 6. The van der Waals surface area contributed by atoms with Gasteiger partial charge in [0.2, 0.25) is 11.8 Å². The Morgan fingerprint density at radius 3 is 2.91 bits per heavy atom. The van der Waals surface area contributed by atoms with Crippen LogP contribution in [0.4, 0.5) is 0 Å². The van der Waals surface area contributed by atoms with Crippen molar-refractivity contribution in [3.8, 4) is 0 Å². The zero-order chi connectivity index (χ0) is 16.0. The topological polar surface area (TPSA) is 89.1 Å². The molecule has 0 aromatic carbocycles. The Bertz CT molecular complexity index is 719. The van der Waals surface area contributed by atoms with Crippen molar-refractivity contribution in [2.45, 2.75) is 43.8 Å². The van der Waals surface area contributed by atoms with Gasteiger partial charge < -0.3 is 14.7 Å². The van der Waals surface area contributed by atoms with E-state index in [-0.39, 0.29) is 18.0 Å². The van der Waals surface area contributed by atoms with Crippen LogP contribution < -0.4 is 5.32 Å². The minimum absolute atomic E-state index is 0.00535. The van der Waals surface area contributed by atoms with Gasteiger partial charge in [-0.2, -0.15) is 10.1 Å². The van der Waals surface area contributed by atoms with E-state index < -0.39 is 0 Å². The fraction of sp³-hybridized carbons (Fsp3) is 0.600. The molecule has 1 saturated carbocycles. The van der Waals surface area contributed by atoms with Crippen molar-refractivity contribution in [2.24, 2.45) is 7.05 Å². The molecule has 2 aromatic heterocycles. The van der Waals surface area contributed by atoms with Gasteiger partial charge in [-0.05, 0) is 18.9 Å². The summed E-state index contributed by atoms with van der Waals surface area (Å²) >= 11 is 0. The minimum atomic E-state index is -0.0372. The van der Waals surface area contributed by atoms with Crippen molar-refractivity contribution < 1.29 is 9.32 Å². The van der Waals surface area contributed by atoms with Gasteiger partial charge in [0.15, 0.2) is 5.82 Å². The van der Waals surface area contributed by atoms with Gasteiger partial charge in [-0.3, -0.25) is 9.48 Å². The molecule has 1 N–H and O–H groups in total. The molecule has 8 nitrogen and oxygen atoms in total. The predicted molar refractivity (Wildman–Crippen MR) is 80.2 cm³/mol. The Kier molecular flexibility index (Phi) is 3.41. The highest BCUT2D eigenvalue weighted by molar-refractivity contribution is 5.80. The first-order chi connectivity index (χ1) is 11.1. The van der Waals surface area contributed by atoms with Crippen molar-refractivity contribution in [3.05, 3.63) is 29.7 Å². The molecule has 0 radical (unpaired) electrons. The Labute approximate surface area is 133 Å². The van der Waals surface area contributed by atoms with Gasteiger partial charge in [-0.1, -0.05) is 5.16 Å². The molecule has 2 aliphatic rings. The van der Waals surface area contributed by atoms with Crippen LogP contribution in [0.1, 0.15) is 48.6 Å². The first kappa shape index (κ1) is 14.4. The van der Waals surface area contributed by atoms with Gasteiger partial charge in [0.05, 0.1) is 18.3 Å². The molecule has 2 aromatic rings. The van der Waals surface area contributed by atoms with E-state index in [0.717, 1.165) is 24.4 Å². The van der Waals surface area contributed by atoms with E-state index in [9.17, 15) is 4.79 Å². The fourth-order valence-electron chi connectivity index (χ4n) is 3.19. The molecule has 2 atom stereocenters. The van der Waals surface area contributed by atoms with Gasteiger partial charge in [-0.25, -0.2) is 0 Å². The fourth-order valence-corrected chi connectivity index (χ4v) is 3.19. The van der Waals surface area contributed by atoms with E-state index >= 15 is 0 Å². The molecular weight excluding hydrogens is 296 g/mol. The van der Waals surface area contributed by atoms with Gasteiger partial charge in [0, 0.05) is 38.7 Å². The van der Waals surface area contributed by atoms with Crippen LogP contribution in [-0.4, -0.2) is 43.8 Å². The summed E-state index contributed by atoms with van der Waals surface area (Å²) in [6.45, 7) is 0.496. The van der Waals surface area contributed by atoms with Crippen LogP contribution in [0.3, 0.4) is 0 Å². The van der Waals surface area contributed by atoms with Crippen LogP contribution in [-0.2, 0) is 18.4 Å². The molecule has 2 fully saturated rings. The molecule has 8 heteroatoms. The van der Waals surface area contributed by atoms with E-state index in [1.807, 2.05) is 24.8 Å². The molecule has 0 unspecified atom stereocenters. The molecule has 1 aliphatic heterocycles. The molecule has 1 aliphatic carbocycles. The van der Waals surface area contributed by atoms with E-state index in [4.69, 9.17) is 4.52 Å². The predicted octanol–water partition coefficient (Wildman–Crippen LogP) is 0.742. The lowest BCUT2D eigenvalue weighted by molar-refractivity contribution is -0.127. The lowest BCUT2D eigenvalue weighted by Gasteiger charge is -2.25. The second-order valence-electron chi connectivity index (χ2n) is 6.34. The lowest BCUT2D eigenvalue weighted by Crippen LogP contribution is -2.36. The van der Waals surface area contributed by atoms with E-state index in [2.05, 4.69) is 20.6 Å².